The summed E-state index contributed by atoms with van der Waals surface area (Å²) >= 11 is 0. The number of aromatic amines is 1. The SMILES string of the molecule is COc1ccccc1-c1noc2nc[nH]c(=O)c12. The number of rotatable bonds is 2. The highest BCUT2D eigenvalue weighted by Gasteiger charge is 2.17. The van der Waals surface area contributed by atoms with Gasteiger partial charge >= 0.3 is 0 Å². The first-order valence-corrected chi connectivity index (χ1v) is 5.27. The first-order valence-electron chi connectivity index (χ1n) is 5.27. The number of methoxy groups -OCH3 is 1. The molecule has 0 saturated carbocycles. The van der Waals surface area contributed by atoms with E-state index in [-0.39, 0.29) is 11.3 Å². The number of hydrogen-bond acceptors (Lipinski definition) is 5. The van der Waals surface area contributed by atoms with Gasteiger partial charge in [-0.2, -0.15) is 0 Å². The van der Waals surface area contributed by atoms with Crippen molar-refractivity contribution in [2.45, 2.75) is 0 Å². The standard InChI is InChI=1S/C12H9N3O3/c1-17-8-5-3-2-4-7(8)10-9-11(16)13-6-14-12(9)18-15-10/h2-6H,1H3,(H,13,14,16). The summed E-state index contributed by atoms with van der Waals surface area (Å²) < 4.78 is 10.3. The Balaban J connectivity index is 2.36. The van der Waals surface area contributed by atoms with Crippen LogP contribution in [0.25, 0.3) is 22.4 Å². The molecule has 0 amide bonds. The van der Waals surface area contributed by atoms with Crippen molar-refractivity contribution in [1.29, 1.82) is 0 Å². The van der Waals surface area contributed by atoms with E-state index in [9.17, 15) is 4.79 Å². The number of aromatic nitrogens is 3. The van der Waals surface area contributed by atoms with Crippen molar-refractivity contribution in [2.24, 2.45) is 0 Å². The van der Waals surface area contributed by atoms with E-state index in [0.717, 1.165) is 0 Å². The van der Waals surface area contributed by atoms with Crippen LogP contribution in [-0.4, -0.2) is 22.2 Å². The Morgan fingerprint density at radius 1 is 1.33 bits per heavy atom. The molecule has 6 heteroatoms. The zero-order valence-corrected chi connectivity index (χ0v) is 9.51. The molecule has 18 heavy (non-hydrogen) atoms. The van der Waals surface area contributed by atoms with Crippen LogP contribution in [0.3, 0.4) is 0 Å². The maximum atomic E-state index is 11.8. The Morgan fingerprint density at radius 2 is 2.17 bits per heavy atom. The van der Waals surface area contributed by atoms with Crippen molar-refractivity contribution in [1.82, 2.24) is 15.1 Å². The number of nitrogens with zero attached hydrogens (tertiary/aromatic N) is 2. The van der Waals surface area contributed by atoms with Gasteiger partial charge in [-0.05, 0) is 12.1 Å². The number of benzene rings is 1. The minimum absolute atomic E-state index is 0.208. The van der Waals surface area contributed by atoms with Gasteiger partial charge in [0.15, 0.2) is 0 Å². The van der Waals surface area contributed by atoms with Crippen LogP contribution in [0.4, 0.5) is 0 Å². The molecule has 3 aromatic rings. The summed E-state index contributed by atoms with van der Waals surface area (Å²) in [6, 6.07) is 7.28. The topological polar surface area (TPSA) is 81.0 Å². The number of nitrogens with one attached hydrogen (secondary N) is 1. The van der Waals surface area contributed by atoms with Crippen molar-refractivity contribution < 1.29 is 9.26 Å². The highest BCUT2D eigenvalue weighted by molar-refractivity contribution is 5.90. The summed E-state index contributed by atoms with van der Waals surface area (Å²) in [5.74, 6) is 0.621. The molecular formula is C12H9N3O3. The monoisotopic (exact) mass is 243 g/mol. The second-order valence-corrected chi connectivity index (χ2v) is 3.64. The molecule has 1 N–H and O–H groups in total. The van der Waals surface area contributed by atoms with E-state index in [1.807, 2.05) is 18.2 Å². The molecule has 3 rings (SSSR count). The van der Waals surface area contributed by atoms with E-state index in [1.54, 1.807) is 13.2 Å². The normalized spacial score (nSPS) is 10.7. The Labute approximate surface area is 101 Å². The number of ether oxygens (including phenoxy) is 1. The molecule has 0 aliphatic heterocycles. The largest absolute Gasteiger partial charge is 0.496 e. The zero-order chi connectivity index (χ0) is 12.5. The third-order valence-electron chi connectivity index (χ3n) is 2.64. The predicted molar refractivity (Wildman–Crippen MR) is 64.4 cm³/mol. The Kier molecular flexibility index (Phi) is 2.33. The molecule has 0 bridgehead atoms. The van der Waals surface area contributed by atoms with E-state index in [2.05, 4.69) is 15.1 Å². The van der Waals surface area contributed by atoms with Crippen LogP contribution in [0.1, 0.15) is 0 Å². The molecule has 2 aromatic heterocycles. The second kappa shape index (κ2) is 3.99. The molecule has 0 unspecified atom stereocenters. The maximum absolute atomic E-state index is 11.8. The molecule has 0 aliphatic carbocycles. The highest BCUT2D eigenvalue weighted by atomic mass is 16.5. The maximum Gasteiger partial charge on any atom is 0.265 e. The Hall–Kier alpha value is -2.63. The number of para-hydroxylation sites is 1. The lowest BCUT2D eigenvalue weighted by atomic mass is 10.1. The van der Waals surface area contributed by atoms with Crippen molar-refractivity contribution in [2.75, 3.05) is 7.11 Å². The van der Waals surface area contributed by atoms with Crippen LogP contribution in [0, 0.1) is 0 Å². The Bertz CT molecular complexity index is 760. The second-order valence-electron chi connectivity index (χ2n) is 3.64. The smallest absolute Gasteiger partial charge is 0.265 e. The van der Waals surface area contributed by atoms with Gasteiger partial charge in [0.2, 0.25) is 0 Å². The van der Waals surface area contributed by atoms with E-state index in [1.165, 1.54) is 6.33 Å². The number of fused-ring (bicyclic) bond motifs is 1. The zero-order valence-electron chi connectivity index (χ0n) is 9.51. The molecular weight excluding hydrogens is 234 g/mol. The average Bonchev–Trinajstić information content (AvgIpc) is 2.84. The fraction of sp³-hybridized carbons (Fsp3) is 0.0833. The van der Waals surface area contributed by atoms with E-state index in [4.69, 9.17) is 9.26 Å². The molecule has 90 valence electrons. The van der Waals surface area contributed by atoms with Crippen molar-refractivity contribution in [3.8, 4) is 17.0 Å². The summed E-state index contributed by atoms with van der Waals surface area (Å²) in [5.41, 5.74) is 1.04. The van der Waals surface area contributed by atoms with Crippen LogP contribution in [0.5, 0.6) is 5.75 Å². The molecule has 0 atom stereocenters. The molecule has 1 aromatic carbocycles. The minimum atomic E-state index is -0.290. The van der Waals surface area contributed by atoms with Crippen LogP contribution >= 0.6 is 0 Å². The van der Waals surface area contributed by atoms with Gasteiger partial charge in [0, 0.05) is 5.56 Å². The summed E-state index contributed by atoms with van der Waals surface area (Å²) in [6.45, 7) is 0. The van der Waals surface area contributed by atoms with Crippen molar-refractivity contribution in [3.05, 3.63) is 40.9 Å². The van der Waals surface area contributed by atoms with Crippen molar-refractivity contribution in [3.63, 3.8) is 0 Å². The third-order valence-corrected chi connectivity index (χ3v) is 2.64. The molecule has 0 spiro atoms. The summed E-state index contributed by atoms with van der Waals surface area (Å²) in [4.78, 5) is 18.2. The van der Waals surface area contributed by atoms with Crippen LogP contribution < -0.4 is 10.3 Å². The van der Waals surface area contributed by atoms with Crippen LogP contribution in [0.15, 0.2) is 39.9 Å². The molecule has 6 nitrogen and oxygen atoms in total. The number of hydrogen-bond donors (Lipinski definition) is 1. The quantitative estimate of drug-likeness (QED) is 0.739. The van der Waals surface area contributed by atoms with Crippen LogP contribution in [-0.2, 0) is 0 Å². The molecule has 0 fully saturated rings. The van der Waals surface area contributed by atoms with E-state index >= 15 is 0 Å². The van der Waals surface area contributed by atoms with Crippen molar-refractivity contribution >= 4 is 11.1 Å². The Morgan fingerprint density at radius 3 is 3.00 bits per heavy atom. The van der Waals surface area contributed by atoms with Gasteiger partial charge in [0.25, 0.3) is 11.3 Å². The van der Waals surface area contributed by atoms with Gasteiger partial charge < -0.3 is 14.2 Å². The molecule has 0 aliphatic rings. The van der Waals surface area contributed by atoms with Gasteiger partial charge in [0.1, 0.15) is 16.8 Å². The number of H-pyrrole nitrogens is 1. The summed E-state index contributed by atoms with van der Waals surface area (Å²) in [5, 5.41) is 4.22. The summed E-state index contributed by atoms with van der Waals surface area (Å²) in [7, 11) is 1.56. The first kappa shape index (κ1) is 10.5. The van der Waals surface area contributed by atoms with Gasteiger partial charge in [-0.3, -0.25) is 4.79 Å². The molecule has 0 radical (unpaired) electrons. The highest BCUT2D eigenvalue weighted by Crippen LogP contribution is 2.31. The lowest BCUT2D eigenvalue weighted by Gasteiger charge is -2.04. The average molecular weight is 243 g/mol. The van der Waals surface area contributed by atoms with Gasteiger partial charge in [-0.25, -0.2) is 4.98 Å². The fourth-order valence-corrected chi connectivity index (χ4v) is 1.82. The molecule has 2 heterocycles. The third kappa shape index (κ3) is 1.46. The van der Waals surface area contributed by atoms with Crippen LogP contribution in [0.2, 0.25) is 0 Å². The fourth-order valence-electron chi connectivity index (χ4n) is 1.82. The lowest BCUT2D eigenvalue weighted by molar-refractivity contribution is 0.414. The molecule has 0 saturated heterocycles. The predicted octanol–water partition coefficient (Wildman–Crippen LogP) is 1.59. The van der Waals surface area contributed by atoms with Gasteiger partial charge in [-0.1, -0.05) is 17.3 Å². The van der Waals surface area contributed by atoms with Gasteiger partial charge in [0.05, 0.1) is 13.4 Å². The van der Waals surface area contributed by atoms with Gasteiger partial charge in [-0.15, -0.1) is 0 Å². The summed E-state index contributed by atoms with van der Waals surface area (Å²) in [6.07, 6.45) is 1.28. The lowest BCUT2D eigenvalue weighted by Crippen LogP contribution is -2.05. The first-order chi connectivity index (χ1) is 8.81. The van der Waals surface area contributed by atoms with E-state index < -0.39 is 0 Å². The van der Waals surface area contributed by atoms with E-state index in [0.29, 0.717) is 22.4 Å². The minimum Gasteiger partial charge on any atom is -0.496 e.